The van der Waals surface area contributed by atoms with Crippen molar-refractivity contribution >= 4 is 34.0 Å². The molecular weight excluding hydrogens is 376 g/mol. The summed E-state index contributed by atoms with van der Waals surface area (Å²) < 4.78 is 64.7. The van der Waals surface area contributed by atoms with Gasteiger partial charge in [-0.3, -0.25) is 0 Å². The second-order valence-corrected chi connectivity index (χ2v) is 7.47. The number of nitrogens with one attached hydrogen (secondary N) is 1. The van der Waals surface area contributed by atoms with Crippen LogP contribution in [-0.2, 0) is 16.2 Å². The Morgan fingerprint density at radius 3 is 2.22 bits per heavy atom. The quantitative estimate of drug-likeness (QED) is 0.828. The highest BCUT2D eigenvalue weighted by Gasteiger charge is 2.32. The minimum Gasteiger partial charge on any atom is -0.328 e. The van der Waals surface area contributed by atoms with E-state index in [2.05, 4.69) is 4.72 Å². The molecule has 0 heterocycles. The van der Waals surface area contributed by atoms with Gasteiger partial charge in [-0.15, -0.1) is 12.4 Å². The number of sulfonamides is 1. The average Bonchev–Trinajstić information content (AvgIpc) is 2.39. The summed E-state index contributed by atoms with van der Waals surface area (Å²) in [5.41, 5.74) is 4.76. The third kappa shape index (κ3) is 5.22. The van der Waals surface area contributed by atoms with Crippen molar-refractivity contribution in [1.29, 1.82) is 0 Å². The summed E-state index contributed by atoms with van der Waals surface area (Å²) in [5.74, 6) is 0. The van der Waals surface area contributed by atoms with Gasteiger partial charge in [-0.2, -0.15) is 13.2 Å². The second-order valence-electron chi connectivity index (χ2n) is 5.38. The van der Waals surface area contributed by atoms with Crippen LogP contribution in [-0.4, -0.2) is 20.5 Å². The van der Waals surface area contributed by atoms with Crippen molar-refractivity contribution in [3.05, 3.63) is 28.8 Å². The highest BCUT2D eigenvalue weighted by Crippen LogP contribution is 2.33. The van der Waals surface area contributed by atoms with Crippen molar-refractivity contribution in [2.24, 2.45) is 5.73 Å². The number of benzene rings is 1. The van der Waals surface area contributed by atoms with Crippen LogP contribution in [0.1, 0.15) is 31.2 Å². The lowest BCUT2D eigenvalue weighted by molar-refractivity contribution is -0.137. The van der Waals surface area contributed by atoms with Gasteiger partial charge in [0.1, 0.15) is 4.90 Å². The van der Waals surface area contributed by atoms with Gasteiger partial charge in [0.05, 0.1) is 10.6 Å². The van der Waals surface area contributed by atoms with E-state index < -0.39 is 26.8 Å². The van der Waals surface area contributed by atoms with E-state index in [1.165, 1.54) is 0 Å². The molecule has 0 unspecified atom stereocenters. The lowest BCUT2D eigenvalue weighted by Gasteiger charge is -2.26. The zero-order valence-corrected chi connectivity index (χ0v) is 14.3. The fourth-order valence-electron chi connectivity index (χ4n) is 2.42. The van der Waals surface area contributed by atoms with Gasteiger partial charge in [0, 0.05) is 12.1 Å². The Hall–Kier alpha value is -0.540. The van der Waals surface area contributed by atoms with Crippen molar-refractivity contribution in [2.75, 3.05) is 0 Å². The Balaban J connectivity index is 0.00000264. The van der Waals surface area contributed by atoms with Gasteiger partial charge in [-0.1, -0.05) is 11.6 Å². The molecule has 1 aromatic rings. The van der Waals surface area contributed by atoms with Gasteiger partial charge < -0.3 is 5.73 Å². The lowest BCUT2D eigenvalue weighted by Crippen LogP contribution is -2.40. The van der Waals surface area contributed by atoms with Gasteiger partial charge >= 0.3 is 6.18 Å². The zero-order chi connectivity index (χ0) is 16.5. The predicted octanol–water partition coefficient (Wildman–Crippen LogP) is 3.33. The first kappa shape index (κ1) is 20.5. The molecule has 1 saturated carbocycles. The van der Waals surface area contributed by atoms with Crippen molar-refractivity contribution in [3.8, 4) is 0 Å². The Bertz CT molecular complexity index is 645. The third-order valence-corrected chi connectivity index (χ3v) is 5.65. The van der Waals surface area contributed by atoms with Gasteiger partial charge in [-0.05, 0) is 43.9 Å². The van der Waals surface area contributed by atoms with Crippen LogP contribution in [0.2, 0.25) is 5.02 Å². The molecule has 0 amide bonds. The minimum atomic E-state index is -4.57. The van der Waals surface area contributed by atoms with Crippen LogP contribution in [0, 0.1) is 0 Å². The maximum atomic E-state index is 12.6. The van der Waals surface area contributed by atoms with E-state index in [0.717, 1.165) is 6.07 Å². The molecule has 0 aliphatic heterocycles. The molecule has 10 heteroatoms. The first-order valence-electron chi connectivity index (χ1n) is 6.74. The number of hydrogen-bond donors (Lipinski definition) is 2. The van der Waals surface area contributed by atoms with E-state index in [1.54, 1.807) is 0 Å². The summed E-state index contributed by atoms with van der Waals surface area (Å²) in [7, 11) is -3.96. The maximum Gasteiger partial charge on any atom is 0.416 e. The summed E-state index contributed by atoms with van der Waals surface area (Å²) >= 11 is 5.72. The molecule has 0 bridgehead atoms. The molecule has 23 heavy (non-hydrogen) atoms. The summed E-state index contributed by atoms with van der Waals surface area (Å²) in [6.07, 6.45) is -1.97. The average molecular weight is 393 g/mol. The first-order chi connectivity index (χ1) is 10.1. The first-order valence-corrected chi connectivity index (χ1v) is 8.60. The van der Waals surface area contributed by atoms with E-state index in [4.69, 9.17) is 17.3 Å². The molecule has 3 N–H and O–H groups in total. The van der Waals surface area contributed by atoms with Crippen LogP contribution in [0.3, 0.4) is 0 Å². The molecule has 1 aromatic carbocycles. The molecule has 1 aliphatic rings. The molecule has 1 fully saturated rings. The maximum absolute atomic E-state index is 12.6. The Morgan fingerprint density at radius 2 is 1.74 bits per heavy atom. The van der Waals surface area contributed by atoms with Crippen LogP contribution in [0.4, 0.5) is 13.2 Å². The highest BCUT2D eigenvalue weighted by molar-refractivity contribution is 7.89. The van der Waals surface area contributed by atoms with E-state index in [0.29, 0.717) is 37.8 Å². The molecular formula is C13H17Cl2F3N2O2S. The summed E-state index contributed by atoms with van der Waals surface area (Å²) in [5, 5.41) is -0.449. The Morgan fingerprint density at radius 1 is 1.17 bits per heavy atom. The van der Waals surface area contributed by atoms with Crippen molar-refractivity contribution in [1.82, 2.24) is 4.72 Å². The summed E-state index contributed by atoms with van der Waals surface area (Å²) in [6.45, 7) is 0. The van der Waals surface area contributed by atoms with Gasteiger partial charge in [-0.25, -0.2) is 13.1 Å². The number of nitrogens with two attached hydrogens (primary N) is 1. The van der Waals surface area contributed by atoms with Crippen molar-refractivity contribution in [3.63, 3.8) is 0 Å². The molecule has 4 nitrogen and oxygen atoms in total. The van der Waals surface area contributed by atoms with Gasteiger partial charge in [0.25, 0.3) is 0 Å². The fraction of sp³-hybridized carbons (Fsp3) is 0.538. The summed E-state index contributed by atoms with van der Waals surface area (Å²) in [6, 6.07) is 1.99. The Labute approximate surface area is 144 Å². The van der Waals surface area contributed by atoms with Crippen LogP contribution >= 0.6 is 24.0 Å². The molecule has 0 atom stereocenters. The SMILES string of the molecule is Cl.NC1CCC(NS(=O)(=O)c2ccc(C(F)(F)F)cc2Cl)CC1. The highest BCUT2D eigenvalue weighted by atomic mass is 35.5. The van der Waals surface area contributed by atoms with E-state index in [1.807, 2.05) is 0 Å². The van der Waals surface area contributed by atoms with Crippen LogP contribution in [0.25, 0.3) is 0 Å². The predicted molar refractivity (Wildman–Crippen MR) is 84.3 cm³/mol. The number of rotatable bonds is 3. The number of halogens is 5. The third-order valence-electron chi connectivity index (χ3n) is 3.64. The van der Waals surface area contributed by atoms with Gasteiger partial charge in [0.15, 0.2) is 0 Å². The fourth-order valence-corrected chi connectivity index (χ4v) is 4.26. The largest absolute Gasteiger partial charge is 0.416 e. The standard InChI is InChI=1S/C13H16ClF3N2O2S.ClH/c14-11-7-8(13(15,16)17)1-6-12(11)22(20,21)19-10-4-2-9(18)3-5-10;/h1,6-7,9-10,19H,2-5,18H2;1H. The van der Waals surface area contributed by atoms with Crippen molar-refractivity contribution in [2.45, 2.75) is 48.8 Å². The number of hydrogen-bond acceptors (Lipinski definition) is 3. The minimum absolute atomic E-state index is 0. The molecule has 132 valence electrons. The van der Waals surface area contributed by atoms with Crippen LogP contribution in [0.15, 0.2) is 23.1 Å². The van der Waals surface area contributed by atoms with E-state index in [-0.39, 0.29) is 29.4 Å². The van der Waals surface area contributed by atoms with E-state index in [9.17, 15) is 21.6 Å². The Kier molecular flexibility index (Phi) is 6.74. The zero-order valence-electron chi connectivity index (χ0n) is 11.9. The van der Waals surface area contributed by atoms with E-state index >= 15 is 0 Å². The molecule has 0 spiro atoms. The lowest BCUT2D eigenvalue weighted by atomic mass is 9.93. The smallest absolute Gasteiger partial charge is 0.328 e. The topological polar surface area (TPSA) is 72.2 Å². The second kappa shape index (κ2) is 7.57. The monoisotopic (exact) mass is 392 g/mol. The molecule has 2 rings (SSSR count). The molecule has 1 aliphatic carbocycles. The summed E-state index contributed by atoms with van der Waals surface area (Å²) in [4.78, 5) is -0.350. The van der Waals surface area contributed by atoms with Gasteiger partial charge in [0.2, 0.25) is 10.0 Å². The number of alkyl halides is 3. The molecule has 0 saturated heterocycles. The van der Waals surface area contributed by atoms with Crippen LogP contribution < -0.4 is 10.5 Å². The molecule has 0 aromatic heterocycles. The van der Waals surface area contributed by atoms with Crippen LogP contribution in [0.5, 0.6) is 0 Å². The normalized spacial score (nSPS) is 22.5. The van der Waals surface area contributed by atoms with Crippen molar-refractivity contribution < 1.29 is 21.6 Å². The molecule has 0 radical (unpaired) electrons.